The maximum atomic E-state index is 10.6. The third-order valence-corrected chi connectivity index (χ3v) is 1.66. The molecule has 1 aliphatic heterocycles. The summed E-state index contributed by atoms with van der Waals surface area (Å²) in [6.07, 6.45) is 4.90. The van der Waals surface area contributed by atoms with Crippen molar-refractivity contribution >= 4 is 12.3 Å². The molecule has 1 rings (SSSR count). The first-order valence-electron chi connectivity index (χ1n) is 3.52. The lowest BCUT2D eigenvalue weighted by Crippen LogP contribution is -2.23. The van der Waals surface area contributed by atoms with E-state index in [-0.39, 0.29) is 5.97 Å². The van der Waals surface area contributed by atoms with Crippen LogP contribution in [0.5, 0.6) is 0 Å². The molecule has 0 spiro atoms. The SMILES string of the molecule is C[C@]1(CCC=O)C=CC(=O)O1. The second-order valence-corrected chi connectivity index (χ2v) is 2.77. The first-order valence-corrected chi connectivity index (χ1v) is 3.52. The van der Waals surface area contributed by atoms with Crippen LogP contribution < -0.4 is 0 Å². The normalized spacial score (nSPS) is 28.6. The highest BCUT2D eigenvalue weighted by molar-refractivity contribution is 5.85. The second kappa shape index (κ2) is 2.86. The molecule has 1 aliphatic rings. The predicted octanol–water partition coefficient (Wildman–Crippen LogP) is 0.837. The Morgan fingerprint density at radius 1 is 1.73 bits per heavy atom. The minimum atomic E-state index is -0.544. The van der Waals surface area contributed by atoms with Crippen molar-refractivity contribution in [1.29, 1.82) is 0 Å². The van der Waals surface area contributed by atoms with Crippen molar-refractivity contribution in [1.82, 2.24) is 0 Å². The van der Waals surface area contributed by atoms with Gasteiger partial charge >= 0.3 is 5.97 Å². The van der Waals surface area contributed by atoms with Gasteiger partial charge in [0.15, 0.2) is 0 Å². The van der Waals surface area contributed by atoms with Crippen LogP contribution in [0.25, 0.3) is 0 Å². The molecule has 0 amide bonds. The summed E-state index contributed by atoms with van der Waals surface area (Å²) in [7, 11) is 0. The molecule has 1 atom stereocenters. The zero-order chi connectivity index (χ0) is 8.32. The van der Waals surface area contributed by atoms with Gasteiger partial charge < -0.3 is 9.53 Å². The van der Waals surface area contributed by atoms with Gasteiger partial charge in [-0.15, -0.1) is 0 Å². The molecule has 0 radical (unpaired) electrons. The van der Waals surface area contributed by atoms with Gasteiger partial charge in [-0.3, -0.25) is 0 Å². The van der Waals surface area contributed by atoms with Crippen LogP contribution in [-0.4, -0.2) is 17.9 Å². The molecule has 0 saturated heterocycles. The molecule has 3 heteroatoms. The van der Waals surface area contributed by atoms with E-state index in [4.69, 9.17) is 4.74 Å². The van der Waals surface area contributed by atoms with Crippen molar-refractivity contribution in [2.24, 2.45) is 0 Å². The van der Waals surface area contributed by atoms with E-state index in [9.17, 15) is 9.59 Å². The number of aldehydes is 1. The summed E-state index contributed by atoms with van der Waals surface area (Å²) in [6.45, 7) is 1.79. The predicted molar refractivity (Wildman–Crippen MR) is 38.9 cm³/mol. The fourth-order valence-corrected chi connectivity index (χ4v) is 1.02. The number of rotatable bonds is 3. The topological polar surface area (TPSA) is 43.4 Å². The van der Waals surface area contributed by atoms with Gasteiger partial charge in [0.2, 0.25) is 0 Å². The second-order valence-electron chi connectivity index (χ2n) is 2.77. The lowest BCUT2D eigenvalue weighted by Gasteiger charge is -2.19. The van der Waals surface area contributed by atoms with E-state index in [1.165, 1.54) is 6.08 Å². The summed E-state index contributed by atoms with van der Waals surface area (Å²) in [5, 5.41) is 0. The fraction of sp³-hybridized carbons (Fsp3) is 0.500. The third kappa shape index (κ3) is 1.90. The Bertz CT molecular complexity index is 207. The molecule has 11 heavy (non-hydrogen) atoms. The molecule has 3 nitrogen and oxygen atoms in total. The first-order chi connectivity index (χ1) is 5.16. The Morgan fingerprint density at radius 3 is 2.91 bits per heavy atom. The fourth-order valence-electron chi connectivity index (χ4n) is 1.02. The lowest BCUT2D eigenvalue weighted by molar-refractivity contribution is -0.145. The highest BCUT2D eigenvalue weighted by Crippen LogP contribution is 2.23. The van der Waals surface area contributed by atoms with Crippen LogP contribution in [0.4, 0.5) is 0 Å². The quantitative estimate of drug-likeness (QED) is 0.447. The average Bonchev–Trinajstić information content (AvgIpc) is 2.28. The zero-order valence-electron chi connectivity index (χ0n) is 6.37. The van der Waals surface area contributed by atoms with Crippen molar-refractivity contribution in [3.63, 3.8) is 0 Å². The summed E-state index contributed by atoms with van der Waals surface area (Å²) in [4.78, 5) is 20.6. The Hall–Kier alpha value is -1.12. The summed E-state index contributed by atoms with van der Waals surface area (Å²) in [5.74, 6) is -0.321. The Balaban J connectivity index is 2.49. The van der Waals surface area contributed by atoms with Crippen LogP contribution in [0.3, 0.4) is 0 Å². The Kier molecular flexibility index (Phi) is 2.08. The highest BCUT2D eigenvalue weighted by atomic mass is 16.6. The molecule has 0 fully saturated rings. The molecule has 0 aromatic carbocycles. The number of ether oxygens (including phenoxy) is 1. The first kappa shape index (κ1) is 7.98. The average molecular weight is 154 g/mol. The molecular weight excluding hydrogens is 144 g/mol. The third-order valence-electron chi connectivity index (χ3n) is 1.66. The van der Waals surface area contributed by atoms with Crippen LogP contribution in [0.2, 0.25) is 0 Å². The standard InChI is InChI=1S/C8H10O3/c1-8(4-2-6-9)5-3-7(10)11-8/h3,5-6H,2,4H2,1H3/t8-/m0/s1. The van der Waals surface area contributed by atoms with Crippen LogP contribution >= 0.6 is 0 Å². The number of esters is 1. The lowest BCUT2D eigenvalue weighted by atomic mass is 10.0. The molecule has 60 valence electrons. The van der Waals surface area contributed by atoms with Crippen LogP contribution in [-0.2, 0) is 14.3 Å². The minimum absolute atomic E-state index is 0.321. The smallest absolute Gasteiger partial charge is 0.331 e. The number of carbonyl (C=O) groups excluding carboxylic acids is 2. The molecule has 0 bridgehead atoms. The summed E-state index contributed by atoms with van der Waals surface area (Å²) < 4.78 is 4.94. The van der Waals surface area contributed by atoms with Crippen LogP contribution in [0.15, 0.2) is 12.2 Å². The molecule has 0 aromatic heterocycles. The van der Waals surface area contributed by atoms with Gasteiger partial charge in [0, 0.05) is 12.5 Å². The molecule has 0 N–H and O–H groups in total. The van der Waals surface area contributed by atoms with Crippen LogP contribution in [0.1, 0.15) is 19.8 Å². The zero-order valence-corrected chi connectivity index (χ0v) is 6.37. The summed E-state index contributed by atoms with van der Waals surface area (Å²) in [6, 6.07) is 0. The molecule has 0 aromatic rings. The minimum Gasteiger partial charge on any atom is -0.452 e. The number of carbonyl (C=O) groups is 2. The van der Waals surface area contributed by atoms with E-state index in [2.05, 4.69) is 0 Å². The molecule has 0 saturated carbocycles. The number of hydrogen-bond donors (Lipinski definition) is 0. The molecular formula is C8H10O3. The largest absolute Gasteiger partial charge is 0.452 e. The maximum absolute atomic E-state index is 10.6. The van der Waals surface area contributed by atoms with Crippen molar-refractivity contribution in [3.05, 3.63) is 12.2 Å². The van der Waals surface area contributed by atoms with E-state index in [1.807, 2.05) is 0 Å². The monoisotopic (exact) mass is 154 g/mol. The Morgan fingerprint density at radius 2 is 2.45 bits per heavy atom. The highest BCUT2D eigenvalue weighted by Gasteiger charge is 2.29. The van der Waals surface area contributed by atoms with Gasteiger partial charge in [0.1, 0.15) is 11.9 Å². The van der Waals surface area contributed by atoms with Crippen molar-refractivity contribution in [3.8, 4) is 0 Å². The van der Waals surface area contributed by atoms with Crippen molar-refractivity contribution in [2.75, 3.05) is 0 Å². The molecule has 1 heterocycles. The number of cyclic esters (lactones) is 1. The van der Waals surface area contributed by atoms with E-state index in [0.717, 1.165) is 6.29 Å². The van der Waals surface area contributed by atoms with Crippen LogP contribution in [0, 0.1) is 0 Å². The van der Waals surface area contributed by atoms with Gasteiger partial charge in [-0.1, -0.05) is 0 Å². The van der Waals surface area contributed by atoms with E-state index in [1.54, 1.807) is 13.0 Å². The summed E-state index contributed by atoms with van der Waals surface area (Å²) >= 11 is 0. The molecule has 0 unspecified atom stereocenters. The van der Waals surface area contributed by atoms with E-state index >= 15 is 0 Å². The Labute approximate surface area is 65.0 Å². The number of hydrogen-bond acceptors (Lipinski definition) is 3. The summed E-state index contributed by atoms with van der Waals surface area (Å²) in [5.41, 5.74) is -0.544. The van der Waals surface area contributed by atoms with Gasteiger partial charge in [-0.05, 0) is 19.4 Å². The van der Waals surface area contributed by atoms with Gasteiger partial charge in [0.05, 0.1) is 0 Å². The van der Waals surface area contributed by atoms with Gasteiger partial charge in [-0.25, -0.2) is 4.79 Å². The van der Waals surface area contributed by atoms with Crippen molar-refractivity contribution in [2.45, 2.75) is 25.4 Å². The molecule has 0 aliphatic carbocycles. The van der Waals surface area contributed by atoms with Gasteiger partial charge in [0.25, 0.3) is 0 Å². The maximum Gasteiger partial charge on any atom is 0.331 e. The van der Waals surface area contributed by atoms with Crippen molar-refractivity contribution < 1.29 is 14.3 Å². The van der Waals surface area contributed by atoms with E-state index in [0.29, 0.717) is 12.8 Å². The van der Waals surface area contributed by atoms with E-state index < -0.39 is 5.60 Å². The van der Waals surface area contributed by atoms with Gasteiger partial charge in [-0.2, -0.15) is 0 Å².